The van der Waals surface area contributed by atoms with Gasteiger partial charge >= 0.3 is 0 Å². The molecule has 3 rings (SSSR count). The number of anilines is 1. The maximum Gasteiger partial charge on any atom is 0.276 e. The molecule has 0 heterocycles. The van der Waals surface area contributed by atoms with E-state index in [4.69, 9.17) is 4.74 Å². The van der Waals surface area contributed by atoms with Crippen molar-refractivity contribution in [2.75, 3.05) is 11.9 Å². The zero-order valence-electron chi connectivity index (χ0n) is 15.9. The minimum absolute atomic E-state index is 0.110. The second kappa shape index (κ2) is 9.36. The minimum atomic E-state index is -0.488. The molecule has 0 unspecified atom stereocenters. The Hall–Kier alpha value is -3.87. The number of ether oxygens (including phenoxy) is 1. The van der Waals surface area contributed by atoms with Crippen molar-refractivity contribution in [3.05, 3.63) is 72.3 Å². The molecule has 0 radical (unpaired) electrons. The summed E-state index contributed by atoms with van der Waals surface area (Å²) in [7, 11) is 0. The van der Waals surface area contributed by atoms with Crippen LogP contribution in [0.15, 0.2) is 66.7 Å². The van der Waals surface area contributed by atoms with Crippen LogP contribution in [0.3, 0.4) is 0 Å². The molecule has 0 atom stereocenters. The molecule has 0 aromatic heterocycles. The van der Waals surface area contributed by atoms with Crippen molar-refractivity contribution < 1.29 is 19.1 Å². The molecule has 0 fully saturated rings. The summed E-state index contributed by atoms with van der Waals surface area (Å²) in [6.07, 6.45) is 0.371. The lowest BCUT2D eigenvalue weighted by Crippen LogP contribution is -2.43. The number of carbonyl (C=O) groups is 3. The third-order valence-corrected chi connectivity index (χ3v) is 4.16. The Bertz CT molecular complexity index is 1030. The van der Waals surface area contributed by atoms with E-state index in [0.29, 0.717) is 23.4 Å². The minimum Gasteiger partial charge on any atom is -0.484 e. The van der Waals surface area contributed by atoms with Gasteiger partial charge in [0.1, 0.15) is 5.75 Å². The third-order valence-electron chi connectivity index (χ3n) is 4.16. The van der Waals surface area contributed by atoms with Crippen LogP contribution in [0.25, 0.3) is 10.8 Å². The maximum absolute atomic E-state index is 12.1. The van der Waals surface area contributed by atoms with Crippen LogP contribution in [-0.2, 0) is 9.59 Å². The molecule has 0 bridgehead atoms. The van der Waals surface area contributed by atoms with Gasteiger partial charge in [0.25, 0.3) is 11.8 Å². The Morgan fingerprint density at radius 1 is 0.828 bits per heavy atom. The van der Waals surface area contributed by atoms with Crippen molar-refractivity contribution in [3.63, 3.8) is 0 Å². The van der Waals surface area contributed by atoms with Gasteiger partial charge in [-0.25, -0.2) is 0 Å². The lowest BCUT2D eigenvalue weighted by Gasteiger charge is -2.10. The Kier molecular flexibility index (Phi) is 6.42. The van der Waals surface area contributed by atoms with Crippen molar-refractivity contribution in [1.82, 2.24) is 10.9 Å². The van der Waals surface area contributed by atoms with Crippen LogP contribution in [0, 0.1) is 0 Å². The zero-order chi connectivity index (χ0) is 20.6. The largest absolute Gasteiger partial charge is 0.484 e. The van der Waals surface area contributed by atoms with Crippen LogP contribution in [0.4, 0.5) is 5.69 Å². The molecule has 0 aliphatic rings. The van der Waals surface area contributed by atoms with Crippen LogP contribution >= 0.6 is 0 Å². The lowest BCUT2D eigenvalue weighted by molar-refractivity contribution is -0.123. The van der Waals surface area contributed by atoms with Crippen LogP contribution < -0.4 is 20.9 Å². The third kappa shape index (κ3) is 5.55. The molecule has 29 heavy (non-hydrogen) atoms. The predicted molar refractivity (Wildman–Crippen MR) is 110 cm³/mol. The SMILES string of the molecule is CCC(=O)Nc1ccc(C(=O)NNC(=O)COc2ccc3ccccc3c2)cc1. The Labute approximate surface area is 168 Å². The number of fused-ring (bicyclic) bond motifs is 1. The van der Waals surface area contributed by atoms with Crippen molar-refractivity contribution in [1.29, 1.82) is 0 Å². The van der Waals surface area contributed by atoms with Gasteiger partial charge < -0.3 is 10.1 Å². The molecular formula is C22H21N3O4. The van der Waals surface area contributed by atoms with E-state index in [2.05, 4.69) is 16.2 Å². The molecule has 0 spiro atoms. The highest BCUT2D eigenvalue weighted by Gasteiger charge is 2.09. The predicted octanol–water partition coefficient (Wildman–Crippen LogP) is 3.03. The summed E-state index contributed by atoms with van der Waals surface area (Å²) >= 11 is 0. The molecule has 3 aromatic rings. The molecule has 3 N–H and O–H groups in total. The number of rotatable bonds is 6. The quantitative estimate of drug-likeness (QED) is 0.563. The fraction of sp³-hybridized carbons (Fsp3) is 0.136. The smallest absolute Gasteiger partial charge is 0.276 e. The van der Waals surface area contributed by atoms with Gasteiger partial charge in [-0.15, -0.1) is 0 Å². The second-order valence-electron chi connectivity index (χ2n) is 6.28. The van der Waals surface area contributed by atoms with Gasteiger partial charge in [0.2, 0.25) is 5.91 Å². The zero-order valence-corrected chi connectivity index (χ0v) is 15.9. The van der Waals surface area contributed by atoms with E-state index < -0.39 is 11.8 Å². The molecule has 148 valence electrons. The fourth-order valence-electron chi connectivity index (χ4n) is 2.60. The summed E-state index contributed by atoms with van der Waals surface area (Å²) in [5.41, 5.74) is 5.58. The second-order valence-corrected chi connectivity index (χ2v) is 6.28. The number of nitrogens with one attached hydrogen (secondary N) is 3. The molecule has 3 amide bonds. The first-order chi connectivity index (χ1) is 14.0. The standard InChI is InChI=1S/C22H21N3O4/c1-2-20(26)23-18-10-7-16(8-11-18)22(28)25-24-21(27)14-29-19-12-9-15-5-3-4-6-17(15)13-19/h3-13H,2,14H2,1H3,(H,23,26)(H,24,27)(H,25,28). The van der Waals surface area contributed by atoms with Crippen LogP contribution in [-0.4, -0.2) is 24.3 Å². The van der Waals surface area contributed by atoms with Gasteiger partial charge in [0, 0.05) is 17.7 Å². The summed E-state index contributed by atoms with van der Waals surface area (Å²) in [5, 5.41) is 4.79. The highest BCUT2D eigenvalue weighted by molar-refractivity contribution is 5.96. The first-order valence-corrected chi connectivity index (χ1v) is 9.16. The van der Waals surface area contributed by atoms with Crippen LogP contribution in [0.1, 0.15) is 23.7 Å². The summed E-state index contributed by atoms with van der Waals surface area (Å²) in [6, 6.07) is 19.7. The molecule has 0 aliphatic carbocycles. The number of hydrogen-bond acceptors (Lipinski definition) is 4. The number of amides is 3. The number of hydrazine groups is 1. The average molecular weight is 391 g/mol. The van der Waals surface area contributed by atoms with E-state index in [1.807, 2.05) is 36.4 Å². The summed E-state index contributed by atoms with van der Waals surface area (Å²) in [6.45, 7) is 1.52. The molecule has 7 heteroatoms. The van der Waals surface area contributed by atoms with Crippen molar-refractivity contribution in [2.24, 2.45) is 0 Å². The van der Waals surface area contributed by atoms with E-state index in [-0.39, 0.29) is 12.5 Å². The van der Waals surface area contributed by atoms with Crippen LogP contribution in [0.2, 0.25) is 0 Å². The van der Waals surface area contributed by atoms with Gasteiger partial charge in [-0.05, 0) is 47.2 Å². The molecule has 3 aromatic carbocycles. The van der Waals surface area contributed by atoms with E-state index >= 15 is 0 Å². The van der Waals surface area contributed by atoms with Crippen molar-refractivity contribution >= 4 is 34.2 Å². The summed E-state index contributed by atoms with van der Waals surface area (Å²) < 4.78 is 5.47. The summed E-state index contributed by atoms with van der Waals surface area (Å²) in [5.74, 6) is -0.508. The Balaban J connectivity index is 1.46. The summed E-state index contributed by atoms with van der Waals surface area (Å²) in [4.78, 5) is 35.4. The first kappa shape index (κ1) is 19.9. The average Bonchev–Trinajstić information content (AvgIpc) is 2.76. The van der Waals surface area contributed by atoms with Crippen molar-refractivity contribution in [3.8, 4) is 5.75 Å². The number of carbonyl (C=O) groups excluding carboxylic acids is 3. The van der Waals surface area contributed by atoms with Gasteiger partial charge in [0.05, 0.1) is 0 Å². The van der Waals surface area contributed by atoms with Crippen LogP contribution in [0.5, 0.6) is 5.75 Å². The highest BCUT2D eigenvalue weighted by Crippen LogP contribution is 2.20. The highest BCUT2D eigenvalue weighted by atomic mass is 16.5. The first-order valence-electron chi connectivity index (χ1n) is 9.16. The van der Waals surface area contributed by atoms with Gasteiger partial charge in [-0.3, -0.25) is 25.2 Å². The fourth-order valence-corrected chi connectivity index (χ4v) is 2.60. The molecule has 0 aliphatic heterocycles. The number of benzene rings is 3. The monoisotopic (exact) mass is 391 g/mol. The molecule has 7 nitrogen and oxygen atoms in total. The van der Waals surface area contributed by atoms with E-state index in [0.717, 1.165) is 10.8 Å². The Morgan fingerprint density at radius 3 is 2.28 bits per heavy atom. The lowest BCUT2D eigenvalue weighted by atomic mass is 10.1. The van der Waals surface area contributed by atoms with Gasteiger partial charge in [-0.1, -0.05) is 37.3 Å². The normalized spacial score (nSPS) is 10.2. The van der Waals surface area contributed by atoms with Gasteiger partial charge in [0.15, 0.2) is 6.61 Å². The molecular weight excluding hydrogens is 370 g/mol. The Morgan fingerprint density at radius 2 is 1.55 bits per heavy atom. The maximum atomic E-state index is 12.1. The molecule has 0 saturated heterocycles. The van der Waals surface area contributed by atoms with E-state index in [1.54, 1.807) is 37.3 Å². The number of hydrogen-bond donors (Lipinski definition) is 3. The topological polar surface area (TPSA) is 96.5 Å². The molecule has 0 saturated carbocycles. The van der Waals surface area contributed by atoms with Crippen molar-refractivity contribution in [2.45, 2.75) is 13.3 Å². The van der Waals surface area contributed by atoms with E-state index in [1.165, 1.54) is 0 Å². The van der Waals surface area contributed by atoms with E-state index in [9.17, 15) is 14.4 Å². The van der Waals surface area contributed by atoms with Gasteiger partial charge in [-0.2, -0.15) is 0 Å².